The van der Waals surface area contributed by atoms with E-state index in [2.05, 4.69) is 43.4 Å². The van der Waals surface area contributed by atoms with Gasteiger partial charge in [-0.05, 0) is 43.4 Å². The van der Waals surface area contributed by atoms with Gasteiger partial charge in [-0.3, -0.25) is 0 Å². The van der Waals surface area contributed by atoms with Gasteiger partial charge in [0.1, 0.15) is 0 Å². The molecule has 0 saturated carbocycles. The standard InChI is InChI=1S/C18H24N2S/c1-12(2)8-16-17(11-19-3)21-18(20-16)15-9-13-6-4-5-7-14(13)10-15/h4-7,12,15,19H,8-11H2,1-3H3. The van der Waals surface area contributed by atoms with E-state index in [1.165, 1.54) is 26.7 Å². The Morgan fingerprint density at radius 3 is 2.48 bits per heavy atom. The van der Waals surface area contributed by atoms with Gasteiger partial charge in [-0.25, -0.2) is 4.98 Å². The molecule has 0 radical (unpaired) electrons. The molecule has 1 heterocycles. The number of nitrogens with one attached hydrogen (secondary N) is 1. The normalized spacial score (nSPS) is 14.9. The van der Waals surface area contributed by atoms with Crippen LogP contribution in [0.1, 0.15) is 46.5 Å². The minimum Gasteiger partial charge on any atom is -0.315 e. The number of fused-ring (bicyclic) bond motifs is 1. The van der Waals surface area contributed by atoms with Gasteiger partial charge in [-0.15, -0.1) is 11.3 Å². The molecule has 0 unspecified atom stereocenters. The van der Waals surface area contributed by atoms with Crippen LogP contribution >= 0.6 is 11.3 Å². The molecule has 0 fully saturated rings. The van der Waals surface area contributed by atoms with Gasteiger partial charge < -0.3 is 5.32 Å². The van der Waals surface area contributed by atoms with E-state index in [1.807, 2.05) is 18.4 Å². The quantitative estimate of drug-likeness (QED) is 0.904. The van der Waals surface area contributed by atoms with E-state index in [4.69, 9.17) is 4.98 Å². The van der Waals surface area contributed by atoms with Crippen molar-refractivity contribution in [3.8, 4) is 0 Å². The second-order valence-electron chi connectivity index (χ2n) is 6.42. The van der Waals surface area contributed by atoms with Gasteiger partial charge in [0.15, 0.2) is 0 Å². The Hall–Kier alpha value is -1.19. The number of hydrogen-bond donors (Lipinski definition) is 1. The smallest absolute Gasteiger partial charge is 0.0969 e. The molecule has 0 amide bonds. The van der Waals surface area contributed by atoms with Crippen molar-refractivity contribution < 1.29 is 0 Å². The second-order valence-corrected chi connectivity index (χ2v) is 7.54. The summed E-state index contributed by atoms with van der Waals surface area (Å²) in [5, 5.41) is 4.63. The summed E-state index contributed by atoms with van der Waals surface area (Å²) >= 11 is 1.92. The third-order valence-corrected chi connectivity index (χ3v) is 5.39. The molecule has 1 N–H and O–H groups in total. The molecule has 21 heavy (non-hydrogen) atoms. The molecule has 2 aromatic rings. The average Bonchev–Trinajstić information content (AvgIpc) is 3.03. The highest BCUT2D eigenvalue weighted by Crippen LogP contribution is 2.37. The Bertz CT molecular complexity index is 590. The summed E-state index contributed by atoms with van der Waals surface area (Å²) in [6, 6.07) is 8.85. The van der Waals surface area contributed by atoms with E-state index in [9.17, 15) is 0 Å². The van der Waals surface area contributed by atoms with Crippen LogP contribution in [0.25, 0.3) is 0 Å². The minimum atomic E-state index is 0.587. The van der Waals surface area contributed by atoms with Gasteiger partial charge >= 0.3 is 0 Å². The van der Waals surface area contributed by atoms with Crippen molar-refractivity contribution >= 4 is 11.3 Å². The van der Waals surface area contributed by atoms with E-state index in [0.29, 0.717) is 11.8 Å². The molecule has 3 heteroatoms. The van der Waals surface area contributed by atoms with Crippen LogP contribution in [0.15, 0.2) is 24.3 Å². The lowest BCUT2D eigenvalue weighted by Crippen LogP contribution is -2.07. The summed E-state index contributed by atoms with van der Waals surface area (Å²) in [6.45, 7) is 5.49. The number of benzene rings is 1. The summed E-state index contributed by atoms with van der Waals surface area (Å²) < 4.78 is 0. The average molecular weight is 300 g/mol. The first-order valence-corrected chi connectivity index (χ1v) is 8.69. The Morgan fingerprint density at radius 1 is 1.24 bits per heavy atom. The van der Waals surface area contributed by atoms with Crippen LogP contribution in [0.4, 0.5) is 0 Å². The van der Waals surface area contributed by atoms with E-state index in [0.717, 1.165) is 25.8 Å². The monoisotopic (exact) mass is 300 g/mol. The molecule has 0 aliphatic heterocycles. The molecular weight excluding hydrogens is 276 g/mol. The van der Waals surface area contributed by atoms with Gasteiger partial charge in [-0.1, -0.05) is 38.1 Å². The third-order valence-electron chi connectivity index (χ3n) is 4.13. The highest BCUT2D eigenvalue weighted by molar-refractivity contribution is 7.11. The number of hydrogen-bond acceptors (Lipinski definition) is 3. The summed E-state index contributed by atoms with van der Waals surface area (Å²) in [5.41, 5.74) is 4.34. The predicted octanol–water partition coefficient (Wildman–Crippen LogP) is 3.94. The molecule has 1 aromatic heterocycles. The SMILES string of the molecule is CNCc1sc(C2Cc3ccccc3C2)nc1CC(C)C. The molecule has 0 atom stereocenters. The Kier molecular flexibility index (Phi) is 4.41. The van der Waals surface area contributed by atoms with Crippen LogP contribution < -0.4 is 5.32 Å². The van der Waals surface area contributed by atoms with Crippen LogP contribution in [-0.4, -0.2) is 12.0 Å². The van der Waals surface area contributed by atoms with Gasteiger partial charge in [0.25, 0.3) is 0 Å². The highest BCUT2D eigenvalue weighted by atomic mass is 32.1. The first kappa shape index (κ1) is 14.7. The van der Waals surface area contributed by atoms with E-state index in [1.54, 1.807) is 0 Å². The second kappa shape index (κ2) is 6.29. The fraction of sp³-hybridized carbons (Fsp3) is 0.500. The van der Waals surface area contributed by atoms with Crippen molar-refractivity contribution in [2.75, 3.05) is 7.05 Å². The van der Waals surface area contributed by atoms with Gasteiger partial charge in [-0.2, -0.15) is 0 Å². The van der Waals surface area contributed by atoms with Crippen molar-refractivity contribution in [1.29, 1.82) is 0 Å². The summed E-state index contributed by atoms with van der Waals surface area (Å²) in [6.07, 6.45) is 3.40. The maximum atomic E-state index is 5.01. The number of aromatic nitrogens is 1. The van der Waals surface area contributed by atoms with Crippen molar-refractivity contribution in [2.24, 2.45) is 5.92 Å². The molecule has 2 nitrogen and oxygen atoms in total. The molecule has 0 saturated heterocycles. The van der Waals surface area contributed by atoms with Crippen LogP contribution in [0, 0.1) is 5.92 Å². The molecular formula is C18H24N2S. The van der Waals surface area contributed by atoms with Crippen molar-refractivity contribution in [3.63, 3.8) is 0 Å². The molecule has 112 valence electrons. The van der Waals surface area contributed by atoms with Crippen LogP contribution in [0.2, 0.25) is 0 Å². The Balaban J connectivity index is 1.83. The molecule has 0 spiro atoms. The van der Waals surface area contributed by atoms with Gasteiger partial charge in [0.2, 0.25) is 0 Å². The van der Waals surface area contributed by atoms with Gasteiger partial charge in [0.05, 0.1) is 10.7 Å². The fourth-order valence-corrected chi connectivity index (χ4v) is 4.36. The first-order chi connectivity index (χ1) is 10.2. The summed E-state index contributed by atoms with van der Waals surface area (Å²) in [5.74, 6) is 1.25. The van der Waals surface area contributed by atoms with Crippen LogP contribution in [0.3, 0.4) is 0 Å². The zero-order valence-corrected chi connectivity index (χ0v) is 14.0. The lowest BCUT2D eigenvalue weighted by molar-refractivity contribution is 0.625. The minimum absolute atomic E-state index is 0.587. The topological polar surface area (TPSA) is 24.9 Å². The molecule has 1 aliphatic carbocycles. The summed E-state index contributed by atoms with van der Waals surface area (Å²) in [7, 11) is 2.02. The van der Waals surface area contributed by atoms with Crippen LogP contribution in [0.5, 0.6) is 0 Å². The summed E-state index contributed by atoms with van der Waals surface area (Å²) in [4.78, 5) is 6.44. The van der Waals surface area contributed by atoms with E-state index < -0.39 is 0 Å². The largest absolute Gasteiger partial charge is 0.315 e. The van der Waals surface area contributed by atoms with Crippen molar-refractivity contribution in [2.45, 2.75) is 45.6 Å². The molecule has 1 aromatic carbocycles. The Labute approximate surface area is 131 Å². The zero-order chi connectivity index (χ0) is 14.8. The number of thiazole rings is 1. The van der Waals surface area contributed by atoms with Gasteiger partial charge in [0, 0.05) is 17.3 Å². The van der Waals surface area contributed by atoms with Crippen molar-refractivity contribution in [3.05, 3.63) is 51.0 Å². The predicted molar refractivity (Wildman–Crippen MR) is 90.0 cm³/mol. The molecule has 3 rings (SSSR count). The zero-order valence-electron chi connectivity index (χ0n) is 13.1. The maximum absolute atomic E-state index is 5.01. The fourth-order valence-electron chi connectivity index (χ4n) is 3.16. The van der Waals surface area contributed by atoms with Crippen LogP contribution in [-0.2, 0) is 25.8 Å². The molecule has 1 aliphatic rings. The lowest BCUT2D eigenvalue weighted by atomic mass is 10.1. The maximum Gasteiger partial charge on any atom is 0.0969 e. The highest BCUT2D eigenvalue weighted by Gasteiger charge is 2.26. The third kappa shape index (κ3) is 3.19. The number of rotatable bonds is 5. The first-order valence-electron chi connectivity index (χ1n) is 7.87. The van der Waals surface area contributed by atoms with E-state index >= 15 is 0 Å². The Morgan fingerprint density at radius 2 is 1.90 bits per heavy atom. The number of nitrogens with zero attached hydrogens (tertiary/aromatic N) is 1. The van der Waals surface area contributed by atoms with Crippen molar-refractivity contribution in [1.82, 2.24) is 10.3 Å². The van der Waals surface area contributed by atoms with E-state index in [-0.39, 0.29) is 0 Å². The molecule has 0 bridgehead atoms. The lowest BCUT2D eigenvalue weighted by Gasteiger charge is -2.04.